The number of rotatable bonds is 5. The van der Waals surface area contributed by atoms with Crippen molar-refractivity contribution >= 4 is 11.7 Å². The summed E-state index contributed by atoms with van der Waals surface area (Å²) in [6.07, 6.45) is 1.66. The van der Waals surface area contributed by atoms with Crippen LogP contribution in [0.4, 0.5) is 5.82 Å². The van der Waals surface area contributed by atoms with Gasteiger partial charge in [-0.05, 0) is 24.7 Å². The molecule has 15 heavy (non-hydrogen) atoms. The Labute approximate surface area is 88.2 Å². The number of amides is 1. The highest BCUT2D eigenvalue weighted by atomic mass is 16.1. The van der Waals surface area contributed by atoms with E-state index in [2.05, 4.69) is 10.4 Å². The van der Waals surface area contributed by atoms with Gasteiger partial charge in [0.15, 0.2) is 0 Å². The lowest BCUT2D eigenvalue weighted by molar-refractivity contribution is -0.118. The molecule has 0 aliphatic rings. The lowest BCUT2D eigenvalue weighted by atomic mass is 10.2. The van der Waals surface area contributed by atoms with Gasteiger partial charge in [-0.2, -0.15) is 0 Å². The standard InChI is InChI=1S/C9H15N5O/c1-14(6-8(10)15)5-7-2-3-12-9(4-7)13-11/h2-4H,5-6,11H2,1H3,(H2,10,15)(H,12,13). The van der Waals surface area contributed by atoms with Crippen molar-refractivity contribution in [1.82, 2.24) is 9.88 Å². The highest BCUT2D eigenvalue weighted by Gasteiger charge is 2.04. The fourth-order valence-electron chi connectivity index (χ4n) is 1.29. The fraction of sp³-hybridized carbons (Fsp3) is 0.333. The first kappa shape index (κ1) is 11.4. The van der Waals surface area contributed by atoms with Crippen LogP contribution in [0.5, 0.6) is 0 Å². The van der Waals surface area contributed by atoms with Crippen molar-refractivity contribution in [2.75, 3.05) is 19.0 Å². The third-order valence-electron chi connectivity index (χ3n) is 1.85. The summed E-state index contributed by atoms with van der Waals surface area (Å²) in [5.74, 6) is 5.48. The van der Waals surface area contributed by atoms with Gasteiger partial charge in [0.1, 0.15) is 5.82 Å². The maximum atomic E-state index is 10.7. The molecular formula is C9H15N5O. The van der Waals surface area contributed by atoms with Gasteiger partial charge in [-0.25, -0.2) is 10.8 Å². The summed E-state index contributed by atoms with van der Waals surface area (Å²) in [5, 5.41) is 0. The average Bonchev–Trinajstić information content (AvgIpc) is 2.16. The second kappa shape index (κ2) is 5.28. The second-order valence-corrected chi connectivity index (χ2v) is 3.33. The van der Waals surface area contributed by atoms with E-state index in [1.807, 2.05) is 24.1 Å². The van der Waals surface area contributed by atoms with Crippen molar-refractivity contribution in [2.45, 2.75) is 6.54 Å². The monoisotopic (exact) mass is 209 g/mol. The molecule has 1 aromatic rings. The third kappa shape index (κ3) is 3.92. The van der Waals surface area contributed by atoms with Gasteiger partial charge >= 0.3 is 0 Å². The van der Waals surface area contributed by atoms with Gasteiger partial charge < -0.3 is 11.2 Å². The molecule has 0 bridgehead atoms. The molecule has 82 valence electrons. The summed E-state index contributed by atoms with van der Waals surface area (Å²) in [4.78, 5) is 16.5. The van der Waals surface area contributed by atoms with E-state index in [-0.39, 0.29) is 12.5 Å². The number of aromatic nitrogens is 1. The van der Waals surface area contributed by atoms with Crippen molar-refractivity contribution < 1.29 is 4.79 Å². The number of nitrogens with one attached hydrogen (secondary N) is 1. The summed E-state index contributed by atoms with van der Waals surface area (Å²) in [6, 6.07) is 3.68. The maximum Gasteiger partial charge on any atom is 0.231 e. The quantitative estimate of drug-likeness (QED) is 0.439. The smallest absolute Gasteiger partial charge is 0.231 e. The summed E-state index contributed by atoms with van der Waals surface area (Å²) in [6.45, 7) is 0.855. The van der Waals surface area contributed by atoms with Crippen molar-refractivity contribution in [3.8, 4) is 0 Å². The van der Waals surface area contributed by atoms with Crippen LogP contribution in [0, 0.1) is 0 Å². The lowest BCUT2D eigenvalue weighted by Crippen LogP contribution is -2.30. The van der Waals surface area contributed by atoms with Crippen LogP contribution in [-0.2, 0) is 11.3 Å². The Morgan fingerprint density at radius 1 is 1.67 bits per heavy atom. The molecule has 0 unspecified atom stereocenters. The van der Waals surface area contributed by atoms with Gasteiger partial charge in [0.05, 0.1) is 6.54 Å². The zero-order valence-corrected chi connectivity index (χ0v) is 8.60. The van der Waals surface area contributed by atoms with E-state index < -0.39 is 0 Å². The highest BCUT2D eigenvalue weighted by Crippen LogP contribution is 2.07. The number of hydrogen-bond donors (Lipinski definition) is 3. The largest absolute Gasteiger partial charge is 0.369 e. The van der Waals surface area contributed by atoms with Crippen molar-refractivity contribution in [3.63, 3.8) is 0 Å². The molecule has 0 aliphatic heterocycles. The molecule has 1 heterocycles. The Kier molecular flexibility index (Phi) is 4.02. The van der Waals surface area contributed by atoms with Gasteiger partial charge in [0.2, 0.25) is 5.91 Å². The predicted octanol–water partition coefficient (Wildman–Crippen LogP) is -0.716. The fourth-order valence-corrected chi connectivity index (χ4v) is 1.29. The SMILES string of the molecule is CN(CC(N)=O)Cc1ccnc(NN)c1. The van der Waals surface area contributed by atoms with Gasteiger partial charge in [0.25, 0.3) is 0 Å². The molecule has 0 spiro atoms. The average molecular weight is 209 g/mol. The van der Waals surface area contributed by atoms with Crippen molar-refractivity contribution in [3.05, 3.63) is 23.9 Å². The van der Waals surface area contributed by atoms with Gasteiger partial charge in [-0.15, -0.1) is 0 Å². The second-order valence-electron chi connectivity index (χ2n) is 3.33. The highest BCUT2D eigenvalue weighted by molar-refractivity contribution is 5.75. The van der Waals surface area contributed by atoms with Crippen molar-refractivity contribution in [1.29, 1.82) is 0 Å². The molecule has 0 atom stereocenters. The molecule has 0 radical (unpaired) electrons. The van der Waals surface area contributed by atoms with E-state index in [9.17, 15) is 4.79 Å². The summed E-state index contributed by atoms with van der Waals surface area (Å²) >= 11 is 0. The van der Waals surface area contributed by atoms with Gasteiger partial charge in [-0.3, -0.25) is 9.69 Å². The van der Waals surface area contributed by atoms with Crippen LogP contribution < -0.4 is 17.0 Å². The molecule has 0 aromatic carbocycles. The van der Waals surface area contributed by atoms with Crippen LogP contribution in [0.1, 0.15) is 5.56 Å². The number of anilines is 1. The number of pyridine rings is 1. The predicted molar refractivity (Wildman–Crippen MR) is 57.6 cm³/mol. The van der Waals surface area contributed by atoms with Crippen LogP contribution in [0.25, 0.3) is 0 Å². The Balaban J connectivity index is 2.59. The number of carbonyl (C=O) groups excluding carboxylic acids is 1. The van der Waals surface area contributed by atoms with E-state index >= 15 is 0 Å². The number of nitrogens with two attached hydrogens (primary N) is 2. The first-order valence-electron chi connectivity index (χ1n) is 4.50. The maximum absolute atomic E-state index is 10.7. The molecule has 1 rings (SSSR count). The topological polar surface area (TPSA) is 97.3 Å². The molecule has 1 amide bonds. The Morgan fingerprint density at radius 2 is 2.40 bits per heavy atom. The van der Waals surface area contributed by atoms with Crippen LogP contribution in [-0.4, -0.2) is 29.4 Å². The van der Waals surface area contributed by atoms with Crippen LogP contribution in [0.15, 0.2) is 18.3 Å². The summed E-state index contributed by atoms with van der Waals surface area (Å²) in [7, 11) is 1.82. The van der Waals surface area contributed by atoms with E-state index in [1.165, 1.54) is 0 Å². The number of nitrogen functional groups attached to an aromatic ring is 1. The molecular weight excluding hydrogens is 194 g/mol. The summed E-state index contributed by atoms with van der Waals surface area (Å²) < 4.78 is 0. The molecule has 0 saturated heterocycles. The van der Waals surface area contributed by atoms with E-state index in [0.717, 1.165) is 5.56 Å². The Bertz CT molecular complexity index is 341. The molecule has 1 aromatic heterocycles. The first-order valence-corrected chi connectivity index (χ1v) is 4.50. The van der Waals surface area contributed by atoms with Crippen LogP contribution in [0.2, 0.25) is 0 Å². The number of hydrogen-bond acceptors (Lipinski definition) is 5. The number of nitrogens with zero attached hydrogens (tertiary/aromatic N) is 2. The molecule has 0 fully saturated rings. The van der Waals surface area contributed by atoms with E-state index in [4.69, 9.17) is 11.6 Å². The Hall–Kier alpha value is -1.66. The van der Waals surface area contributed by atoms with Crippen LogP contribution in [0.3, 0.4) is 0 Å². The molecule has 5 N–H and O–H groups in total. The lowest BCUT2D eigenvalue weighted by Gasteiger charge is -2.14. The Morgan fingerprint density at radius 3 is 3.00 bits per heavy atom. The minimum absolute atomic E-state index is 0.230. The normalized spacial score (nSPS) is 10.3. The number of primary amides is 1. The third-order valence-corrected chi connectivity index (χ3v) is 1.85. The number of likely N-dealkylation sites (N-methyl/N-ethyl adjacent to an activating group) is 1. The zero-order chi connectivity index (χ0) is 11.3. The number of carbonyl (C=O) groups is 1. The molecule has 0 saturated carbocycles. The molecule has 6 nitrogen and oxygen atoms in total. The first-order chi connectivity index (χ1) is 7.11. The minimum atomic E-state index is -0.344. The van der Waals surface area contributed by atoms with Gasteiger partial charge in [0, 0.05) is 12.7 Å². The molecule has 6 heteroatoms. The van der Waals surface area contributed by atoms with E-state index in [1.54, 1.807) is 6.20 Å². The van der Waals surface area contributed by atoms with Crippen molar-refractivity contribution in [2.24, 2.45) is 11.6 Å². The van der Waals surface area contributed by atoms with E-state index in [0.29, 0.717) is 12.4 Å². The zero-order valence-electron chi connectivity index (χ0n) is 8.60. The summed E-state index contributed by atoms with van der Waals surface area (Å²) in [5.41, 5.74) is 8.55. The minimum Gasteiger partial charge on any atom is -0.369 e. The van der Waals surface area contributed by atoms with Gasteiger partial charge in [-0.1, -0.05) is 0 Å². The van der Waals surface area contributed by atoms with Crippen LogP contribution >= 0.6 is 0 Å². The molecule has 0 aliphatic carbocycles. The number of hydrazine groups is 1.